The molecule has 0 radical (unpaired) electrons. The molecule has 0 amide bonds. The van der Waals surface area contributed by atoms with Crippen LogP contribution in [0, 0.1) is 17.1 Å². The number of fused-ring (bicyclic) bond motifs is 1. The number of rotatable bonds is 7. The van der Waals surface area contributed by atoms with Crippen LogP contribution in [-0.4, -0.2) is 78.1 Å². The number of halogens is 1. The SMILES string of the molecule is Cn1nnn(-c2cc(Nc3ncc(C#N)c(N[C@@H]4C[C@@H]5CCCN5C(C)(C)C4)n3)c(F)cc2O[C@H]2CCOC2)c1=O. The van der Waals surface area contributed by atoms with E-state index in [4.69, 9.17) is 9.47 Å². The number of piperidine rings is 1. The van der Waals surface area contributed by atoms with Crippen molar-refractivity contribution in [3.05, 3.63) is 40.2 Å². The molecule has 0 aliphatic carbocycles. The molecule has 6 rings (SSSR count). The van der Waals surface area contributed by atoms with Gasteiger partial charge in [0.15, 0.2) is 5.82 Å². The quantitative estimate of drug-likeness (QED) is 0.436. The Morgan fingerprint density at radius 3 is 2.85 bits per heavy atom. The minimum Gasteiger partial charge on any atom is -0.486 e. The Morgan fingerprint density at radius 2 is 2.12 bits per heavy atom. The van der Waals surface area contributed by atoms with Crippen molar-refractivity contribution in [3.63, 3.8) is 0 Å². The maximum absolute atomic E-state index is 15.4. The van der Waals surface area contributed by atoms with Crippen molar-refractivity contribution in [2.75, 3.05) is 30.4 Å². The molecule has 1 aromatic carbocycles. The van der Waals surface area contributed by atoms with E-state index in [0.29, 0.717) is 37.1 Å². The molecule has 3 aliphatic rings. The first-order valence-corrected chi connectivity index (χ1v) is 13.9. The summed E-state index contributed by atoms with van der Waals surface area (Å²) < 4.78 is 28.9. The van der Waals surface area contributed by atoms with Crippen LogP contribution in [0.1, 0.15) is 51.5 Å². The zero-order chi connectivity index (χ0) is 28.7. The molecule has 3 fully saturated rings. The maximum atomic E-state index is 15.4. The number of nitrogens with one attached hydrogen (secondary N) is 2. The Morgan fingerprint density at radius 1 is 1.27 bits per heavy atom. The van der Waals surface area contributed by atoms with E-state index < -0.39 is 11.5 Å². The highest BCUT2D eigenvalue weighted by Crippen LogP contribution is 2.39. The molecular weight excluding hydrogens is 531 g/mol. The maximum Gasteiger partial charge on any atom is 0.368 e. The fraction of sp³-hybridized carbons (Fsp3) is 0.556. The van der Waals surface area contributed by atoms with Gasteiger partial charge >= 0.3 is 5.69 Å². The number of aryl methyl sites for hydroxylation is 1. The van der Waals surface area contributed by atoms with Crippen molar-refractivity contribution >= 4 is 17.5 Å². The lowest BCUT2D eigenvalue weighted by molar-refractivity contribution is 0.0501. The normalized spacial score (nSPS) is 23.6. The topological polar surface area (TPSA) is 148 Å². The summed E-state index contributed by atoms with van der Waals surface area (Å²) in [5.74, 6) is -0.0185. The summed E-state index contributed by atoms with van der Waals surface area (Å²) >= 11 is 0. The molecule has 2 N–H and O–H groups in total. The number of nitriles is 1. The molecular formula is C27H33FN10O3. The molecule has 14 heteroatoms. The smallest absolute Gasteiger partial charge is 0.368 e. The first-order valence-electron chi connectivity index (χ1n) is 13.9. The van der Waals surface area contributed by atoms with Crippen molar-refractivity contribution < 1.29 is 13.9 Å². The number of aromatic nitrogens is 6. The summed E-state index contributed by atoms with van der Waals surface area (Å²) in [4.78, 5) is 24.1. The number of hydrogen-bond acceptors (Lipinski definition) is 11. The molecule has 0 saturated carbocycles. The van der Waals surface area contributed by atoms with Crippen molar-refractivity contribution in [1.29, 1.82) is 5.26 Å². The highest BCUT2D eigenvalue weighted by Gasteiger charge is 2.43. The minimum absolute atomic E-state index is 0.00336. The first-order chi connectivity index (χ1) is 19.7. The number of nitrogens with zero attached hydrogens (tertiary/aromatic N) is 8. The van der Waals surface area contributed by atoms with Gasteiger partial charge in [-0.3, -0.25) is 4.90 Å². The van der Waals surface area contributed by atoms with E-state index >= 15 is 4.39 Å². The molecule has 3 saturated heterocycles. The van der Waals surface area contributed by atoms with Crippen molar-refractivity contribution in [3.8, 4) is 17.5 Å². The Hall–Kier alpha value is -4.09. The molecule has 13 nitrogen and oxygen atoms in total. The van der Waals surface area contributed by atoms with Crippen LogP contribution >= 0.6 is 0 Å². The van der Waals surface area contributed by atoms with Gasteiger partial charge in [-0.15, -0.1) is 0 Å². The molecule has 3 aliphatic heterocycles. The van der Waals surface area contributed by atoms with Gasteiger partial charge in [0.25, 0.3) is 0 Å². The third kappa shape index (κ3) is 5.34. The largest absolute Gasteiger partial charge is 0.486 e. The highest BCUT2D eigenvalue weighted by atomic mass is 19.1. The zero-order valence-electron chi connectivity index (χ0n) is 23.3. The molecule has 0 bridgehead atoms. The molecule has 41 heavy (non-hydrogen) atoms. The predicted octanol–water partition coefficient (Wildman–Crippen LogP) is 2.50. The molecule has 0 unspecified atom stereocenters. The van der Waals surface area contributed by atoms with Crippen LogP contribution in [0.3, 0.4) is 0 Å². The zero-order valence-corrected chi connectivity index (χ0v) is 23.3. The van der Waals surface area contributed by atoms with Crippen LogP contribution < -0.4 is 21.1 Å². The van der Waals surface area contributed by atoms with Crippen LogP contribution in [-0.2, 0) is 11.8 Å². The van der Waals surface area contributed by atoms with Gasteiger partial charge in [0.05, 0.1) is 25.1 Å². The highest BCUT2D eigenvalue weighted by molar-refractivity contribution is 5.64. The average molecular weight is 565 g/mol. The van der Waals surface area contributed by atoms with E-state index in [9.17, 15) is 10.1 Å². The third-order valence-electron chi connectivity index (χ3n) is 8.13. The van der Waals surface area contributed by atoms with Gasteiger partial charge in [0.2, 0.25) is 5.95 Å². The fourth-order valence-corrected chi connectivity index (χ4v) is 6.22. The Balaban J connectivity index is 1.29. The Kier molecular flexibility index (Phi) is 7.08. The monoisotopic (exact) mass is 564 g/mol. The number of tetrazole rings is 1. The standard InChI is InChI=1S/C27H33FN10O3/c1-27(2)12-17(9-18-5-4-7-37(18)27)31-24-16(13-29)14-30-25(33-24)32-21-11-22(38-26(39)36(3)34-35-38)23(10-20(21)28)41-19-6-8-40-15-19/h10-11,14,17-19H,4-9,12,15H2,1-3H3,(H2,30,31,32,33)/t17-,18+,19+/m1/s1. The van der Waals surface area contributed by atoms with E-state index in [2.05, 4.69) is 55.8 Å². The molecule has 5 heterocycles. The lowest BCUT2D eigenvalue weighted by Crippen LogP contribution is -2.55. The van der Waals surface area contributed by atoms with Gasteiger partial charge in [0.1, 0.15) is 35.0 Å². The van der Waals surface area contributed by atoms with Crippen LogP contribution in [0.25, 0.3) is 5.69 Å². The van der Waals surface area contributed by atoms with Crippen molar-refractivity contribution in [2.24, 2.45) is 7.05 Å². The molecule has 2 aromatic heterocycles. The van der Waals surface area contributed by atoms with Gasteiger partial charge in [0, 0.05) is 37.2 Å². The van der Waals surface area contributed by atoms with Gasteiger partial charge in [-0.25, -0.2) is 14.2 Å². The third-order valence-corrected chi connectivity index (χ3v) is 8.13. The molecule has 3 aromatic rings. The second-order valence-electron chi connectivity index (χ2n) is 11.5. The second-order valence-corrected chi connectivity index (χ2v) is 11.5. The first kappa shape index (κ1) is 27.1. The van der Waals surface area contributed by atoms with Crippen LogP contribution in [0.2, 0.25) is 0 Å². The number of benzene rings is 1. The lowest BCUT2D eigenvalue weighted by Gasteiger charge is -2.47. The second kappa shape index (κ2) is 10.7. The summed E-state index contributed by atoms with van der Waals surface area (Å²) in [5.41, 5.74) is 0.0224. The van der Waals surface area contributed by atoms with Crippen molar-refractivity contribution in [2.45, 2.75) is 69.7 Å². The van der Waals surface area contributed by atoms with Gasteiger partial charge in [-0.1, -0.05) is 0 Å². The number of ether oxygens (including phenoxy) is 2. The van der Waals surface area contributed by atoms with Gasteiger partial charge < -0.3 is 20.1 Å². The fourth-order valence-electron chi connectivity index (χ4n) is 6.22. The van der Waals surface area contributed by atoms with E-state index in [1.54, 1.807) is 0 Å². The number of anilines is 3. The van der Waals surface area contributed by atoms with Gasteiger partial charge in [-0.05, 0) is 62.6 Å². The van der Waals surface area contributed by atoms with E-state index in [-0.39, 0.29) is 40.8 Å². The van der Waals surface area contributed by atoms with Crippen LogP contribution in [0.4, 0.5) is 21.8 Å². The van der Waals surface area contributed by atoms with Crippen LogP contribution in [0.5, 0.6) is 5.75 Å². The number of hydrogen-bond donors (Lipinski definition) is 2. The lowest BCUT2D eigenvalue weighted by atomic mass is 9.84. The summed E-state index contributed by atoms with van der Waals surface area (Å²) in [5, 5.41) is 23.8. The van der Waals surface area contributed by atoms with E-state index in [0.717, 1.165) is 35.2 Å². The van der Waals surface area contributed by atoms with Gasteiger partial charge in [-0.2, -0.15) is 19.6 Å². The average Bonchev–Trinajstić information content (AvgIpc) is 3.69. The Bertz CT molecular complexity index is 1540. The molecule has 216 valence electrons. The minimum atomic E-state index is -0.641. The summed E-state index contributed by atoms with van der Waals surface area (Å²) in [6, 6.07) is 5.37. The molecule has 3 atom stereocenters. The van der Waals surface area contributed by atoms with Crippen LogP contribution in [0.15, 0.2) is 23.1 Å². The predicted molar refractivity (Wildman–Crippen MR) is 147 cm³/mol. The summed E-state index contributed by atoms with van der Waals surface area (Å²) in [6.45, 7) is 6.53. The molecule has 0 spiro atoms. The van der Waals surface area contributed by atoms with Crippen molar-refractivity contribution in [1.82, 2.24) is 34.7 Å². The Labute approximate surface area is 236 Å². The van der Waals surface area contributed by atoms with E-state index in [1.165, 1.54) is 31.8 Å². The van der Waals surface area contributed by atoms with E-state index in [1.807, 2.05) is 0 Å². The summed E-state index contributed by atoms with van der Waals surface area (Å²) in [7, 11) is 1.47. The summed E-state index contributed by atoms with van der Waals surface area (Å²) in [6.07, 6.45) is 5.99.